The molecule has 4 heteroatoms. The quantitative estimate of drug-likeness (QED) is 0.840. The van der Waals surface area contributed by atoms with Crippen LogP contribution in [-0.4, -0.2) is 23.9 Å². The maximum atomic E-state index is 12.4. The molecule has 22 heavy (non-hydrogen) atoms. The summed E-state index contributed by atoms with van der Waals surface area (Å²) in [5.41, 5.74) is 1.15. The van der Waals surface area contributed by atoms with E-state index in [2.05, 4.69) is 10.6 Å². The molecule has 2 aliphatic rings. The molecule has 1 aromatic carbocycles. The zero-order chi connectivity index (χ0) is 15.4. The van der Waals surface area contributed by atoms with Gasteiger partial charge in [-0.25, -0.2) is 0 Å². The molecule has 0 unspecified atom stereocenters. The molecule has 1 aromatic rings. The van der Waals surface area contributed by atoms with E-state index in [1.54, 1.807) is 24.3 Å². The maximum absolute atomic E-state index is 12.4. The fraction of sp³-hybridized carbons (Fsp3) is 0.556. The van der Waals surface area contributed by atoms with Crippen LogP contribution >= 0.6 is 0 Å². The first-order valence-corrected chi connectivity index (χ1v) is 8.44. The average molecular weight is 300 g/mol. The summed E-state index contributed by atoms with van der Waals surface area (Å²) in [5.74, 6) is -0.139. The second kappa shape index (κ2) is 6.95. The van der Waals surface area contributed by atoms with Crippen LogP contribution in [0.1, 0.15) is 72.1 Å². The van der Waals surface area contributed by atoms with E-state index in [9.17, 15) is 9.59 Å². The molecule has 0 atom stereocenters. The first-order valence-electron chi connectivity index (χ1n) is 8.44. The Balaban J connectivity index is 1.62. The largest absolute Gasteiger partial charge is 0.349 e. The highest BCUT2D eigenvalue weighted by molar-refractivity contribution is 5.99. The van der Waals surface area contributed by atoms with Gasteiger partial charge in [0.15, 0.2) is 0 Å². The van der Waals surface area contributed by atoms with Crippen molar-refractivity contribution in [2.75, 3.05) is 0 Å². The van der Waals surface area contributed by atoms with Crippen LogP contribution < -0.4 is 10.6 Å². The summed E-state index contributed by atoms with van der Waals surface area (Å²) in [6.07, 6.45) is 9.17. The van der Waals surface area contributed by atoms with Gasteiger partial charge in [0.25, 0.3) is 11.8 Å². The molecule has 3 rings (SSSR count). The highest BCUT2D eigenvalue weighted by Gasteiger charge is 2.24. The number of hydrogen-bond acceptors (Lipinski definition) is 2. The molecule has 0 heterocycles. The average Bonchev–Trinajstić information content (AvgIpc) is 3.35. The van der Waals surface area contributed by atoms with E-state index in [1.165, 1.54) is 25.7 Å². The number of benzene rings is 1. The Kier molecular flexibility index (Phi) is 4.76. The minimum atomic E-state index is -0.0772. The van der Waals surface area contributed by atoms with E-state index in [1.807, 2.05) is 0 Å². The first kappa shape index (κ1) is 15.1. The predicted molar refractivity (Wildman–Crippen MR) is 85.9 cm³/mol. The molecule has 0 bridgehead atoms. The number of rotatable bonds is 4. The van der Waals surface area contributed by atoms with Gasteiger partial charge in [-0.05, 0) is 43.9 Å². The van der Waals surface area contributed by atoms with Crippen molar-refractivity contribution in [1.29, 1.82) is 0 Å². The number of amides is 2. The van der Waals surface area contributed by atoms with Gasteiger partial charge in [0, 0.05) is 23.2 Å². The monoisotopic (exact) mass is 300 g/mol. The number of nitrogens with one attached hydrogen (secondary N) is 2. The van der Waals surface area contributed by atoms with Gasteiger partial charge in [-0.15, -0.1) is 0 Å². The Morgan fingerprint density at radius 3 is 1.77 bits per heavy atom. The van der Waals surface area contributed by atoms with Gasteiger partial charge in [-0.3, -0.25) is 9.59 Å². The van der Waals surface area contributed by atoms with Crippen molar-refractivity contribution >= 4 is 11.8 Å². The molecular formula is C18H24N2O2. The molecule has 2 N–H and O–H groups in total. The minimum Gasteiger partial charge on any atom is -0.349 e. The molecule has 0 saturated heterocycles. The fourth-order valence-electron chi connectivity index (χ4n) is 2.99. The van der Waals surface area contributed by atoms with E-state index in [0.717, 1.165) is 25.7 Å². The highest BCUT2D eigenvalue weighted by atomic mass is 16.2. The van der Waals surface area contributed by atoms with E-state index in [4.69, 9.17) is 0 Å². The van der Waals surface area contributed by atoms with Crippen molar-refractivity contribution in [3.05, 3.63) is 35.4 Å². The summed E-state index contributed by atoms with van der Waals surface area (Å²) >= 11 is 0. The molecule has 2 fully saturated rings. The van der Waals surface area contributed by atoms with Crippen molar-refractivity contribution in [3.63, 3.8) is 0 Å². The molecule has 0 aliphatic heterocycles. The Bertz CT molecular complexity index is 544. The molecule has 0 radical (unpaired) electrons. The third kappa shape index (κ3) is 4.09. The van der Waals surface area contributed by atoms with Crippen molar-refractivity contribution in [1.82, 2.24) is 10.6 Å². The molecule has 2 saturated carbocycles. The van der Waals surface area contributed by atoms with Gasteiger partial charge >= 0.3 is 0 Å². The van der Waals surface area contributed by atoms with Gasteiger partial charge in [-0.1, -0.05) is 31.7 Å². The van der Waals surface area contributed by atoms with Crippen LogP contribution in [0.5, 0.6) is 0 Å². The third-order valence-electron chi connectivity index (χ3n) is 4.49. The van der Waals surface area contributed by atoms with E-state index < -0.39 is 0 Å². The van der Waals surface area contributed by atoms with Crippen molar-refractivity contribution < 1.29 is 9.59 Å². The van der Waals surface area contributed by atoms with Gasteiger partial charge in [0.1, 0.15) is 0 Å². The van der Waals surface area contributed by atoms with Gasteiger partial charge in [0.2, 0.25) is 0 Å². The van der Waals surface area contributed by atoms with Crippen molar-refractivity contribution in [3.8, 4) is 0 Å². The summed E-state index contributed by atoms with van der Waals surface area (Å²) in [4.78, 5) is 24.5. The van der Waals surface area contributed by atoms with E-state index >= 15 is 0 Å². The van der Waals surface area contributed by atoms with Crippen LogP contribution in [-0.2, 0) is 0 Å². The second-order valence-corrected chi connectivity index (χ2v) is 6.49. The Hall–Kier alpha value is -1.84. The zero-order valence-corrected chi connectivity index (χ0v) is 12.9. The SMILES string of the molecule is O=C(NC1CCCCCC1)c1cccc(C(=O)NC2CC2)c1. The second-order valence-electron chi connectivity index (χ2n) is 6.49. The molecular weight excluding hydrogens is 276 g/mol. The molecule has 0 spiro atoms. The van der Waals surface area contributed by atoms with Crippen molar-refractivity contribution in [2.45, 2.75) is 63.5 Å². The number of carbonyl (C=O) groups excluding carboxylic acids is 2. The fourth-order valence-corrected chi connectivity index (χ4v) is 2.99. The lowest BCUT2D eigenvalue weighted by atomic mass is 10.1. The number of hydrogen-bond donors (Lipinski definition) is 2. The normalized spacial score (nSPS) is 19.3. The summed E-state index contributed by atoms with van der Waals surface area (Å²) in [6, 6.07) is 7.63. The van der Waals surface area contributed by atoms with Crippen LogP contribution in [0.4, 0.5) is 0 Å². The van der Waals surface area contributed by atoms with Crippen LogP contribution in [0.2, 0.25) is 0 Å². The van der Waals surface area contributed by atoms with E-state index in [0.29, 0.717) is 17.2 Å². The lowest BCUT2D eigenvalue weighted by Crippen LogP contribution is -2.34. The Morgan fingerprint density at radius 1 is 0.773 bits per heavy atom. The standard InChI is InChI=1S/C18H24N2O2/c21-17(19-15-8-3-1-2-4-9-15)13-6-5-7-14(12-13)18(22)20-16-10-11-16/h5-7,12,15-16H,1-4,8-11H2,(H,19,21)(H,20,22). The number of carbonyl (C=O) groups is 2. The van der Waals surface area contributed by atoms with Gasteiger partial charge in [0.05, 0.1) is 0 Å². The molecule has 118 valence electrons. The van der Waals surface area contributed by atoms with Crippen LogP contribution in [0.25, 0.3) is 0 Å². The van der Waals surface area contributed by atoms with Crippen molar-refractivity contribution in [2.24, 2.45) is 0 Å². The van der Waals surface area contributed by atoms with Gasteiger partial charge < -0.3 is 10.6 Å². The van der Waals surface area contributed by atoms with Gasteiger partial charge in [-0.2, -0.15) is 0 Å². The van der Waals surface area contributed by atoms with Crippen LogP contribution in [0.3, 0.4) is 0 Å². The lowest BCUT2D eigenvalue weighted by molar-refractivity contribution is 0.0933. The topological polar surface area (TPSA) is 58.2 Å². The molecule has 4 nitrogen and oxygen atoms in total. The van der Waals surface area contributed by atoms with E-state index in [-0.39, 0.29) is 17.9 Å². The summed E-state index contributed by atoms with van der Waals surface area (Å²) in [5, 5.41) is 6.08. The van der Waals surface area contributed by atoms with Crippen LogP contribution in [0, 0.1) is 0 Å². The first-order chi connectivity index (χ1) is 10.7. The molecule has 0 aromatic heterocycles. The Morgan fingerprint density at radius 2 is 1.27 bits per heavy atom. The highest BCUT2D eigenvalue weighted by Crippen LogP contribution is 2.20. The smallest absolute Gasteiger partial charge is 0.251 e. The lowest BCUT2D eigenvalue weighted by Gasteiger charge is -2.16. The van der Waals surface area contributed by atoms with Crippen LogP contribution in [0.15, 0.2) is 24.3 Å². The Labute approximate surface area is 131 Å². The minimum absolute atomic E-state index is 0.0621. The molecule has 2 amide bonds. The zero-order valence-electron chi connectivity index (χ0n) is 12.9. The predicted octanol–water partition coefficient (Wildman–Crippen LogP) is 3.03. The summed E-state index contributed by atoms with van der Waals surface area (Å²) in [7, 11) is 0. The summed E-state index contributed by atoms with van der Waals surface area (Å²) in [6.45, 7) is 0. The summed E-state index contributed by atoms with van der Waals surface area (Å²) < 4.78 is 0. The third-order valence-corrected chi connectivity index (χ3v) is 4.49. The maximum Gasteiger partial charge on any atom is 0.251 e. The molecule has 2 aliphatic carbocycles.